The van der Waals surface area contributed by atoms with Crippen LogP contribution in [0.4, 0.5) is 0 Å². The molecule has 0 saturated heterocycles. The van der Waals surface area contributed by atoms with Gasteiger partial charge in [0.2, 0.25) is 0 Å². The second kappa shape index (κ2) is 5.06. The number of fused-ring (bicyclic) bond motifs is 1. The Morgan fingerprint density at radius 2 is 1.74 bits per heavy atom. The minimum atomic E-state index is 0.940. The topological polar surface area (TPSA) is 13.1 Å². The standard InChI is InChI=1S/C16H13BrOS/c1-10-3-6-13(7-4-10)19-16-11(2)18-15-8-5-12(17)9-14(15)16/h3-9H,1-2H3. The highest BCUT2D eigenvalue weighted by Gasteiger charge is 2.12. The van der Waals surface area contributed by atoms with Gasteiger partial charge in [0.1, 0.15) is 11.3 Å². The molecule has 96 valence electrons. The number of aryl methyl sites for hydroxylation is 2. The first-order valence-electron chi connectivity index (χ1n) is 6.06. The van der Waals surface area contributed by atoms with E-state index in [2.05, 4.69) is 53.2 Å². The number of rotatable bonds is 2. The van der Waals surface area contributed by atoms with Crippen LogP contribution in [-0.4, -0.2) is 0 Å². The molecular weight excluding hydrogens is 320 g/mol. The largest absolute Gasteiger partial charge is 0.460 e. The molecule has 0 aliphatic heterocycles. The fourth-order valence-electron chi connectivity index (χ4n) is 2.02. The zero-order chi connectivity index (χ0) is 13.4. The van der Waals surface area contributed by atoms with Crippen molar-refractivity contribution in [1.29, 1.82) is 0 Å². The Balaban J connectivity index is 2.06. The minimum absolute atomic E-state index is 0.940. The quantitative estimate of drug-likeness (QED) is 0.574. The Labute approximate surface area is 125 Å². The Morgan fingerprint density at radius 3 is 2.47 bits per heavy atom. The molecule has 3 aromatic rings. The molecule has 0 spiro atoms. The van der Waals surface area contributed by atoms with Crippen molar-refractivity contribution in [2.45, 2.75) is 23.6 Å². The lowest BCUT2D eigenvalue weighted by Gasteiger charge is -2.01. The van der Waals surface area contributed by atoms with Crippen LogP contribution in [0.3, 0.4) is 0 Å². The molecule has 0 unspecified atom stereocenters. The predicted octanol–water partition coefficient (Wildman–Crippen LogP) is 5.96. The van der Waals surface area contributed by atoms with E-state index in [4.69, 9.17) is 4.42 Å². The summed E-state index contributed by atoms with van der Waals surface area (Å²) < 4.78 is 6.88. The first kappa shape index (κ1) is 12.8. The third kappa shape index (κ3) is 2.58. The minimum Gasteiger partial charge on any atom is -0.460 e. The van der Waals surface area contributed by atoms with E-state index >= 15 is 0 Å². The number of hydrogen-bond acceptors (Lipinski definition) is 2. The molecule has 0 bridgehead atoms. The second-order valence-electron chi connectivity index (χ2n) is 4.54. The van der Waals surface area contributed by atoms with Gasteiger partial charge in [-0.15, -0.1) is 0 Å². The number of halogens is 1. The summed E-state index contributed by atoms with van der Waals surface area (Å²) in [5, 5.41) is 1.16. The van der Waals surface area contributed by atoms with Crippen molar-refractivity contribution >= 4 is 38.7 Å². The van der Waals surface area contributed by atoms with Crippen LogP contribution < -0.4 is 0 Å². The third-order valence-electron chi connectivity index (χ3n) is 3.01. The van der Waals surface area contributed by atoms with Crippen molar-refractivity contribution in [2.75, 3.05) is 0 Å². The van der Waals surface area contributed by atoms with E-state index in [-0.39, 0.29) is 0 Å². The van der Waals surface area contributed by atoms with Gasteiger partial charge in [0.05, 0.1) is 4.90 Å². The summed E-state index contributed by atoms with van der Waals surface area (Å²) >= 11 is 5.27. The van der Waals surface area contributed by atoms with Crippen molar-refractivity contribution < 1.29 is 4.42 Å². The highest BCUT2D eigenvalue weighted by molar-refractivity contribution is 9.10. The van der Waals surface area contributed by atoms with Gasteiger partial charge in [0, 0.05) is 14.8 Å². The molecule has 0 fully saturated rings. The van der Waals surface area contributed by atoms with E-state index in [1.54, 1.807) is 11.8 Å². The van der Waals surface area contributed by atoms with Gasteiger partial charge >= 0.3 is 0 Å². The van der Waals surface area contributed by atoms with E-state index in [1.165, 1.54) is 15.4 Å². The van der Waals surface area contributed by atoms with Crippen LogP contribution in [0, 0.1) is 13.8 Å². The van der Waals surface area contributed by atoms with Gasteiger partial charge in [0.15, 0.2) is 0 Å². The average Bonchev–Trinajstić information content (AvgIpc) is 2.69. The lowest BCUT2D eigenvalue weighted by molar-refractivity contribution is 0.568. The maximum absolute atomic E-state index is 5.81. The molecule has 0 amide bonds. The normalized spacial score (nSPS) is 11.1. The van der Waals surface area contributed by atoms with Crippen LogP contribution >= 0.6 is 27.7 Å². The van der Waals surface area contributed by atoms with Crippen molar-refractivity contribution in [3.8, 4) is 0 Å². The molecule has 0 atom stereocenters. The van der Waals surface area contributed by atoms with Crippen molar-refractivity contribution in [3.05, 3.63) is 58.3 Å². The molecule has 0 N–H and O–H groups in total. The zero-order valence-corrected chi connectivity index (χ0v) is 13.1. The Hall–Kier alpha value is -1.19. The zero-order valence-electron chi connectivity index (χ0n) is 10.7. The van der Waals surface area contributed by atoms with E-state index < -0.39 is 0 Å². The average molecular weight is 333 g/mol. The summed E-state index contributed by atoms with van der Waals surface area (Å²) in [6.07, 6.45) is 0. The maximum atomic E-state index is 5.81. The van der Waals surface area contributed by atoms with Crippen molar-refractivity contribution in [2.24, 2.45) is 0 Å². The van der Waals surface area contributed by atoms with Gasteiger partial charge in [-0.05, 0) is 44.2 Å². The molecule has 0 aliphatic rings. The molecule has 1 aromatic heterocycles. The van der Waals surface area contributed by atoms with E-state index in [0.717, 1.165) is 21.2 Å². The Morgan fingerprint density at radius 1 is 1.00 bits per heavy atom. The van der Waals surface area contributed by atoms with Crippen LogP contribution in [0.2, 0.25) is 0 Å². The third-order valence-corrected chi connectivity index (χ3v) is 4.72. The highest BCUT2D eigenvalue weighted by Crippen LogP contribution is 2.39. The van der Waals surface area contributed by atoms with E-state index in [9.17, 15) is 0 Å². The molecule has 0 aliphatic carbocycles. The Bertz CT molecular complexity index is 728. The van der Waals surface area contributed by atoms with Crippen molar-refractivity contribution in [3.63, 3.8) is 0 Å². The molecular formula is C16H13BrOS. The van der Waals surface area contributed by atoms with Gasteiger partial charge in [-0.3, -0.25) is 0 Å². The molecule has 3 rings (SSSR count). The number of furan rings is 1. The summed E-state index contributed by atoms with van der Waals surface area (Å²) in [6, 6.07) is 14.7. The predicted molar refractivity (Wildman–Crippen MR) is 84.0 cm³/mol. The smallest absolute Gasteiger partial charge is 0.135 e. The molecule has 2 aromatic carbocycles. The number of benzene rings is 2. The SMILES string of the molecule is Cc1ccc(Sc2c(C)oc3ccc(Br)cc23)cc1. The monoisotopic (exact) mass is 332 g/mol. The number of hydrogen-bond donors (Lipinski definition) is 0. The van der Waals surface area contributed by atoms with Gasteiger partial charge in [-0.1, -0.05) is 45.4 Å². The fourth-order valence-corrected chi connectivity index (χ4v) is 3.34. The fraction of sp³-hybridized carbons (Fsp3) is 0.125. The summed E-state index contributed by atoms with van der Waals surface area (Å²) in [5.74, 6) is 0.971. The molecule has 0 radical (unpaired) electrons. The van der Waals surface area contributed by atoms with E-state index in [0.29, 0.717) is 0 Å². The Kier molecular flexibility index (Phi) is 3.42. The highest BCUT2D eigenvalue weighted by atomic mass is 79.9. The summed E-state index contributed by atoms with van der Waals surface area (Å²) in [5.41, 5.74) is 2.22. The lowest BCUT2D eigenvalue weighted by Crippen LogP contribution is -1.76. The molecule has 19 heavy (non-hydrogen) atoms. The second-order valence-corrected chi connectivity index (χ2v) is 6.54. The lowest BCUT2D eigenvalue weighted by atomic mass is 10.2. The molecule has 3 heteroatoms. The molecule has 1 nitrogen and oxygen atoms in total. The summed E-state index contributed by atoms with van der Waals surface area (Å²) in [4.78, 5) is 2.43. The van der Waals surface area contributed by atoms with Gasteiger partial charge in [0.25, 0.3) is 0 Å². The summed E-state index contributed by atoms with van der Waals surface area (Å²) in [7, 11) is 0. The molecule has 1 heterocycles. The first-order valence-corrected chi connectivity index (χ1v) is 7.67. The van der Waals surface area contributed by atoms with Gasteiger partial charge < -0.3 is 4.42 Å². The van der Waals surface area contributed by atoms with Gasteiger partial charge in [-0.25, -0.2) is 0 Å². The summed E-state index contributed by atoms with van der Waals surface area (Å²) in [6.45, 7) is 4.12. The van der Waals surface area contributed by atoms with Crippen LogP contribution in [0.5, 0.6) is 0 Å². The maximum Gasteiger partial charge on any atom is 0.135 e. The van der Waals surface area contributed by atoms with Crippen LogP contribution in [0.25, 0.3) is 11.0 Å². The van der Waals surface area contributed by atoms with E-state index in [1.807, 2.05) is 19.1 Å². The van der Waals surface area contributed by atoms with Crippen LogP contribution in [0.1, 0.15) is 11.3 Å². The van der Waals surface area contributed by atoms with Crippen LogP contribution in [-0.2, 0) is 0 Å². The molecule has 0 saturated carbocycles. The van der Waals surface area contributed by atoms with Crippen molar-refractivity contribution in [1.82, 2.24) is 0 Å². The first-order chi connectivity index (χ1) is 9.13. The van der Waals surface area contributed by atoms with Gasteiger partial charge in [-0.2, -0.15) is 0 Å². The van der Waals surface area contributed by atoms with Crippen LogP contribution in [0.15, 0.2) is 61.1 Å².